The van der Waals surface area contributed by atoms with Crippen molar-refractivity contribution in [2.75, 3.05) is 0 Å². The van der Waals surface area contributed by atoms with Crippen LogP contribution in [0.3, 0.4) is 0 Å². The zero-order valence-electron chi connectivity index (χ0n) is 10.5. The van der Waals surface area contributed by atoms with E-state index in [1.54, 1.807) is 18.3 Å². The predicted molar refractivity (Wildman–Crippen MR) is 67.2 cm³/mol. The maximum Gasteiger partial charge on any atom is 0.326 e. The Morgan fingerprint density at radius 1 is 1.26 bits per heavy atom. The monoisotopic (exact) mass is 267 g/mol. The number of aromatic nitrogens is 1. The normalized spacial score (nSPS) is 12.0. The highest BCUT2D eigenvalue weighted by Crippen LogP contribution is 2.19. The summed E-state index contributed by atoms with van der Waals surface area (Å²) in [6.07, 6.45) is 4.48. The van der Waals surface area contributed by atoms with E-state index < -0.39 is 18.0 Å². The Hall–Kier alpha value is -2.11. The lowest BCUT2D eigenvalue weighted by atomic mass is 10.1. The minimum Gasteiger partial charge on any atom is -0.481 e. The first kappa shape index (κ1) is 14.9. The first-order valence-corrected chi connectivity index (χ1v) is 6.13. The molecule has 1 rings (SSSR count). The van der Waals surface area contributed by atoms with Gasteiger partial charge < -0.3 is 14.8 Å². The van der Waals surface area contributed by atoms with Crippen LogP contribution in [-0.4, -0.2) is 33.0 Å². The molecule has 0 aliphatic rings. The van der Waals surface area contributed by atoms with Crippen molar-refractivity contribution < 1.29 is 24.6 Å². The average molecular weight is 267 g/mol. The van der Waals surface area contributed by atoms with E-state index in [4.69, 9.17) is 5.11 Å². The van der Waals surface area contributed by atoms with Crippen molar-refractivity contribution in [3.05, 3.63) is 24.0 Å². The van der Waals surface area contributed by atoms with Gasteiger partial charge in [-0.2, -0.15) is 0 Å². The minimum absolute atomic E-state index is 0.0981. The van der Waals surface area contributed by atoms with Crippen LogP contribution in [-0.2, 0) is 9.59 Å². The van der Waals surface area contributed by atoms with E-state index in [0.29, 0.717) is 37.7 Å². The highest BCUT2D eigenvalue weighted by Gasteiger charge is 2.20. The molecule has 6 nitrogen and oxygen atoms in total. The van der Waals surface area contributed by atoms with Gasteiger partial charge in [-0.1, -0.05) is 12.8 Å². The Morgan fingerprint density at radius 3 is 2.58 bits per heavy atom. The van der Waals surface area contributed by atoms with Crippen LogP contribution in [0, 0.1) is 0 Å². The summed E-state index contributed by atoms with van der Waals surface area (Å²) in [5, 5.41) is 17.7. The van der Waals surface area contributed by atoms with Crippen LogP contribution in [0.5, 0.6) is 0 Å². The van der Waals surface area contributed by atoms with Crippen molar-refractivity contribution in [2.24, 2.45) is 0 Å². The van der Waals surface area contributed by atoms with Gasteiger partial charge in [-0.25, -0.2) is 4.79 Å². The molecule has 6 heteroatoms. The van der Waals surface area contributed by atoms with Crippen LogP contribution in [0.25, 0.3) is 0 Å². The SMILES string of the molecule is O=Cc1cccn1C(CCCCCC(=O)O)C(=O)O. The van der Waals surface area contributed by atoms with E-state index in [0.717, 1.165) is 0 Å². The molecular formula is C13H17NO5. The van der Waals surface area contributed by atoms with Gasteiger partial charge in [0, 0.05) is 12.6 Å². The number of carbonyl (C=O) groups excluding carboxylic acids is 1. The second-order valence-corrected chi connectivity index (χ2v) is 4.31. The van der Waals surface area contributed by atoms with Gasteiger partial charge >= 0.3 is 11.9 Å². The van der Waals surface area contributed by atoms with Gasteiger partial charge in [-0.3, -0.25) is 9.59 Å². The number of unbranched alkanes of at least 4 members (excludes halogenated alkanes) is 2. The fourth-order valence-corrected chi connectivity index (χ4v) is 1.96. The van der Waals surface area contributed by atoms with Crippen LogP contribution >= 0.6 is 0 Å². The highest BCUT2D eigenvalue weighted by atomic mass is 16.4. The predicted octanol–water partition coefficient (Wildman–Crippen LogP) is 1.96. The summed E-state index contributed by atoms with van der Waals surface area (Å²) in [6.45, 7) is 0. The Bertz CT molecular complexity index is 452. The van der Waals surface area contributed by atoms with E-state index in [-0.39, 0.29) is 6.42 Å². The molecular weight excluding hydrogens is 250 g/mol. The summed E-state index contributed by atoms with van der Waals surface area (Å²) in [7, 11) is 0. The molecule has 0 bridgehead atoms. The first-order chi connectivity index (χ1) is 9.06. The van der Waals surface area contributed by atoms with E-state index in [1.165, 1.54) is 4.57 Å². The Balaban J connectivity index is 2.52. The quantitative estimate of drug-likeness (QED) is 0.526. The molecule has 1 aromatic heterocycles. The third kappa shape index (κ3) is 4.57. The summed E-state index contributed by atoms with van der Waals surface area (Å²) >= 11 is 0. The molecule has 19 heavy (non-hydrogen) atoms. The number of hydrogen-bond acceptors (Lipinski definition) is 3. The molecule has 0 saturated heterocycles. The second-order valence-electron chi connectivity index (χ2n) is 4.31. The van der Waals surface area contributed by atoms with Crippen molar-refractivity contribution in [1.29, 1.82) is 0 Å². The van der Waals surface area contributed by atoms with E-state index >= 15 is 0 Å². The lowest BCUT2D eigenvalue weighted by molar-refractivity contribution is -0.141. The molecule has 1 atom stereocenters. The van der Waals surface area contributed by atoms with Crippen molar-refractivity contribution in [3.63, 3.8) is 0 Å². The number of aliphatic carboxylic acids is 2. The van der Waals surface area contributed by atoms with Gasteiger partial charge in [-0.15, -0.1) is 0 Å². The maximum absolute atomic E-state index is 11.2. The van der Waals surface area contributed by atoms with Crippen molar-refractivity contribution in [3.8, 4) is 0 Å². The number of carbonyl (C=O) groups is 3. The zero-order chi connectivity index (χ0) is 14.3. The maximum atomic E-state index is 11.2. The van der Waals surface area contributed by atoms with Crippen molar-refractivity contribution in [1.82, 2.24) is 4.57 Å². The lowest BCUT2D eigenvalue weighted by Gasteiger charge is -2.15. The molecule has 1 aromatic rings. The lowest BCUT2D eigenvalue weighted by Crippen LogP contribution is -2.20. The summed E-state index contributed by atoms with van der Waals surface area (Å²) in [5.74, 6) is -1.83. The molecule has 0 aromatic carbocycles. The largest absolute Gasteiger partial charge is 0.481 e. The fraction of sp³-hybridized carbons (Fsp3) is 0.462. The molecule has 1 unspecified atom stereocenters. The second kappa shape index (κ2) is 7.35. The van der Waals surface area contributed by atoms with Gasteiger partial charge in [0.2, 0.25) is 0 Å². The summed E-state index contributed by atoms with van der Waals surface area (Å²) in [5.41, 5.74) is 0.331. The van der Waals surface area contributed by atoms with Crippen molar-refractivity contribution in [2.45, 2.75) is 38.1 Å². The average Bonchev–Trinajstić information content (AvgIpc) is 2.80. The van der Waals surface area contributed by atoms with Gasteiger partial charge in [0.25, 0.3) is 0 Å². The Kier molecular flexibility index (Phi) is 5.78. The number of aldehydes is 1. The van der Waals surface area contributed by atoms with Gasteiger partial charge in [0.1, 0.15) is 6.04 Å². The molecule has 0 radical (unpaired) electrons. The number of carboxylic acid groups (broad SMARTS) is 2. The van der Waals surface area contributed by atoms with Crippen molar-refractivity contribution >= 4 is 18.2 Å². The molecule has 0 fully saturated rings. The first-order valence-electron chi connectivity index (χ1n) is 6.13. The van der Waals surface area contributed by atoms with Crippen LogP contribution in [0.4, 0.5) is 0 Å². The molecule has 0 aliphatic carbocycles. The van der Waals surface area contributed by atoms with Crippen LogP contribution in [0.2, 0.25) is 0 Å². The Morgan fingerprint density at radius 2 is 2.00 bits per heavy atom. The van der Waals surface area contributed by atoms with Crippen LogP contribution < -0.4 is 0 Å². The van der Waals surface area contributed by atoms with Gasteiger partial charge in [-0.05, 0) is 25.0 Å². The zero-order valence-corrected chi connectivity index (χ0v) is 10.5. The third-order valence-corrected chi connectivity index (χ3v) is 2.92. The highest BCUT2D eigenvalue weighted by molar-refractivity contribution is 5.76. The number of carboxylic acids is 2. The van der Waals surface area contributed by atoms with Gasteiger partial charge in [0.05, 0.1) is 5.69 Å². The molecule has 1 heterocycles. The fourth-order valence-electron chi connectivity index (χ4n) is 1.96. The topological polar surface area (TPSA) is 96.6 Å². The van der Waals surface area contributed by atoms with Crippen LogP contribution in [0.15, 0.2) is 18.3 Å². The summed E-state index contributed by atoms with van der Waals surface area (Å²) in [6, 6.07) is 2.41. The van der Waals surface area contributed by atoms with E-state index in [1.807, 2.05) is 0 Å². The molecule has 0 aliphatic heterocycles. The van der Waals surface area contributed by atoms with E-state index in [9.17, 15) is 19.5 Å². The number of nitrogens with zero attached hydrogens (tertiary/aromatic N) is 1. The summed E-state index contributed by atoms with van der Waals surface area (Å²) < 4.78 is 1.44. The van der Waals surface area contributed by atoms with Gasteiger partial charge in [0.15, 0.2) is 6.29 Å². The number of hydrogen-bond donors (Lipinski definition) is 2. The molecule has 0 spiro atoms. The minimum atomic E-state index is -0.988. The van der Waals surface area contributed by atoms with E-state index in [2.05, 4.69) is 0 Å². The third-order valence-electron chi connectivity index (χ3n) is 2.92. The Labute approximate surface area is 110 Å². The van der Waals surface area contributed by atoms with Crippen LogP contribution in [0.1, 0.15) is 48.6 Å². The standard InChI is InChI=1S/C13H17NO5/c15-9-10-5-4-8-14(10)11(13(18)19)6-2-1-3-7-12(16)17/h4-5,8-9,11H,1-3,6-7H2,(H,16,17)(H,18,19). The summed E-state index contributed by atoms with van der Waals surface area (Å²) in [4.78, 5) is 32.3. The molecule has 0 saturated carbocycles. The molecule has 0 amide bonds. The smallest absolute Gasteiger partial charge is 0.326 e. The molecule has 104 valence electrons. The number of rotatable bonds is 9. The molecule has 2 N–H and O–H groups in total.